The summed E-state index contributed by atoms with van der Waals surface area (Å²) in [6, 6.07) is 7.05. The molecule has 0 unspecified atom stereocenters. The Hall–Kier alpha value is -2.41. The number of carbonyl (C=O) groups is 2. The summed E-state index contributed by atoms with van der Waals surface area (Å²) in [5.41, 5.74) is 1.17. The number of rotatable bonds is 5. The molecule has 0 aliphatic heterocycles. The number of thiophene rings is 1. The minimum atomic E-state index is -0.200. The normalized spacial score (nSPS) is 10.1. The van der Waals surface area contributed by atoms with Crippen LogP contribution >= 0.6 is 11.3 Å². The molecular weight excluding hydrogens is 300 g/mol. The average Bonchev–Trinajstić information content (AvgIpc) is 3.03. The van der Waals surface area contributed by atoms with E-state index in [1.165, 1.54) is 4.90 Å². The fourth-order valence-electron chi connectivity index (χ4n) is 1.72. The van der Waals surface area contributed by atoms with Crippen molar-refractivity contribution in [2.24, 2.45) is 0 Å². The van der Waals surface area contributed by atoms with Gasteiger partial charge in [0.2, 0.25) is 0 Å². The van der Waals surface area contributed by atoms with Crippen LogP contribution in [0.4, 0.5) is 4.79 Å². The van der Waals surface area contributed by atoms with Crippen LogP contribution in [0.2, 0.25) is 0 Å². The lowest BCUT2D eigenvalue weighted by molar-refractivity contribution is 0.0951. The first-order valence-electron chi connectivity index (χ1n) is 6.77. The molecule has 0 aliphatic carbocycles. The third-order valence-corrected chi connectivity index (χ3v) is 3.79. The van der Waals surface area contributed by atoms with E-state index in [0.29, 0.717) is 17.8 Å². The lowest BCUT2D eigenvalue weighted by Gasteiger charge is -2.12. The van der Waals surface area contributed by atoms with Gasteiger partial charge in [0.05, 0.1) is 18.8 Å². The number of urea groups is 1. The Labute approximate surface area is 133 Å². The number of pyridine rings is 1. The molecule has 2 aromatic heterocycles. The van der Waals surface area contributed by atoms with E-state index in [9.17, 15) is 9.59 Å². The molecule has 6 nitrogen and oxygen atoms in total. The second-order valence-electron chi connectivity index (χ2n) is 4.85. The summed E-state index contributed by atoms with van der Waals surface area (Å²) in [4.78, 5) is 30.3. The van der Waals surface area contributed by atoms with Gasteiger partial charge < -0.3 is 15.5 Å². The smallest absolute Gasteiger partial charge is 0.317 e. The number of carbonyl (C=O) groups excluding carboxylic acids is 2. The van der Waals surface area contributed by atoms with Crippen molar-refractivity contribution in [2.75, 3.05) is 14.1 Å². The second kappa shape index (κ2) is 7.56. The highest BCUT2D eigenvalue weighted by Gasteiger charge is 2.08. The van der Waals surface area contributed by atoms with E-state index in [4.69, 9.17) is 0 Å². The highest BCUT2D eigenvalue weighted by Crippen LogP contribution is 2.08. The van der Waals surface area contributed by atoms with Crippen molar-refractivity contribution in [3.8, 4) is 0 Å². The fraction of sp³-hybridized carbons (Fsp3) is 0.267. The largest absolute Gasteiger partial charge is 0.347 e. The van der Waals surface area contributed by atoms with Gasteiger partial charge in [-0.3, -0.25) is 9.78 Å². The molecule has 22 heavy (non-hydrogen) atoms. The molecule has 7 heteroatoms. The van der Waals surface area contributed by atoms with Crippen molar-refractivity contribution >= 4 is 23.3 Å². The predicted molar refractivity (Wildman–Crippen MR) is 85.6 cm³/mol. The van der Waals surface area contributed by atoms with Crippen LogP contribution in [0.5, 0.6) is 0 Å². The first kappa shape index (κ1) is 16.0. The maximum atomic E-state index is 12.1. The van der Waals surface area contributed by atoms with E-state index >= 15 is 0 Å². The maximum absolute atomic E-state index is 12.1. The third kappa shape index (κ3) is 4.56. The first-order chi connectivity index (χ1) is 10.6. The Balaban J connectivity index is 1.92. The van der Waals surface area contributed by atoms with E-state index in [-0.39, 0.29) is 18.5 Å². The van der Waals surface area contributed by atoms with Gasteiger partial charge in [-0.05, 0) is 23.6 Å². The Morgan fingerprint density at radius 3 is 2.73 bits per heavy atom. The van der Waals surface area contributed by atoms with Crippen LogP contribution in [0.25, 0.3) is 0 Å². The summed E-state index contributed by atoms with van der Waals surface area (Å²) in [7, 11) is 3.33. The minimum absolute atomic E-state index is 0.156. The van der Waals surface area contributed by atoms with Gasteiger partial charge in [-0.1, -0.05) is 6.07 Å². The van der Waals surface area contributed by atoms with Crippen LogP contribution in [0, 0.1) is 0 Å². The molecule has 0 atom stereocenters. The summed E-state index contributed by atoms with van der Waals surface area (Å²) >= 11 is 1.60. The standard InChI is InChI=1S/C15H18N4O2S/c1-19(2)15(21)18-9-12-8-11(5-6-16-12)14(20)17-10-13-4-3-7-22-13/h3-8H,9-10H2,1-2H3,(H,17,20)(H,18,21). The number of nitrogens with zero attached hydrogens (tertiary/aromatic N) is 2. The molecule has 0 saturated carbocycles. The summed E-state index contributed by atoms with van der Waals surface area (Å²) in [5.74, 6) is -0.156. The zero-order valence-corrected chi connectivity index (χ0v) is 13.3. The number of amides is 3. The topological polar surface area (TPSA) is 74.3 Å². The van der Waals surface area contributed by atoms with Crippen molar-refractivity contribution in [3.63, 3.8) is 0 Å². The second-order valence-corrected chi connectivity index (χ2v) is 5.88. The molecule has 0 saturated heterocycles. The van der Waals surface area contributed by atoms with Crippen molar-refractivity contribution < 1.29 is 9.59 Å². The summed E-state index contributed by atoms with van der Waals surface area (Å²) in [6.07, 6.45) is 1.57. The van der Waals surface area contributed by atoms with E-state index in [2.05, 4.69) is 15.6 Å². The maximum Gasteiger partial charge on any atom is 0.317 e. The van der Waals surface area contributed by atoms with E-state index in [0.717, 1.165) is 4.88 Å². The van der Waals surface area contributed by atoms with Crippen molar-refractivity contribution in [3.05, 3.63) is 52.0 Å². The summed E-state index contributed by atoms with van der Waals surface area (Å²) in [6.45, 7) is 0.786. The van der Waals surface area contributed by atoms with Gasteiger partial charge in [-0.25, -0.2) is 4.79 Å². The minimum Gasteiger partial charge on any atom is -0.347 e. The summed E-state index contributed by atoms with van der Waals surface area (Å²) < 4.78 is 0. The highest BCUT2D eigenvalue weighted by molar-refractivity contribution is 7.09. The Morgan fingerprint density at radius 2 is 2.05 bits per heavy atom. The predicted octanol–water partition coefficient (Wildman–Crippen LogP) is 1.84. The van der Waals surface area contributed by atoms with E-state index in [1.54, 1.807) is 43.8 Å². The molecule has 2 N–H and O–H groups in total. The molecule has 0 aromatic carbocycles. The fourth-order valence-corrected chi connectivity index (χ4v) is 2.37. The molecule has 0 bridgehead atoms. The van der Waals surface area contributed by atoms with Crippen LogP contribution in [0.3, 0.4) is 0 Å². The average molecular weight is 318 g/mol. The molecule has 116 valence electrons. The van der Waals surface area contributed by atoms with Crippen molar-refractivity contribution in [1.29, 1.82) is 0 Å². The van der Waals surface area contributed by atoms with Gasteiger partial charge in [-0.15, -0.1) is 11.3 Å². The van der Waals surface area contributed by atoms with Gasteiger partial charge in [-0.2, -0.15) is 0 Å². The van der Waals surface area contributed by atoms with E-state index in [1.807, 2.05) is 17.5 Å². The van der Waals surface area contributed by atoms with E-state index < -0.39 is 0 Å². The Morgan fingerprint density at radius 1 is 1.23 bits per heavy atom. The third-order valence-electron chi connectivity index (χ3n) is 2.91. The van der Waals surface area contributed by atoms with Crippen molar-refractivity contribution in [2.45, 2.75) is 13.1 Å². The molecule has 2 heterocycles. The number of aromatic nitrogens is 1. The quantitative estimate of drug-likeness (QED) is 0.883. The first-order valence-corrected chi connectivity index (χ1v) is 7.65. The number of nitrogens with one attached hydrogen (secondary N) is 2. The SMILES string of the molecule is CN(C)C(=O)NCc1cc(C(=O)NCc2cccs2)ccn1. The number of hydrogen-bond donors (Lipinski definition) is 2. The Bertz CT molecular complexity index is 641. The Kier molecular flexibility index (Phi) is 5.48. The van der Waals surface area contributed by atoms with Gasteiger partial charge in [0.1, 0.15) is 0 Å². The molecule has 0 fully saturated rings. The molecule has 0 radical (unpaired) electrons. The molecule has 0 spiro atoms. The van der Waals surface area contributed by atoms with Crippen LogP contribution < -0.4 is 10.6 Å². The van der Waals surface area contributed by atoms with Crippen molar-refractivity contribution in [1.82, 2.24) is 20.5 Å². The van der Waals surface area contributed by atoms with Gasteiger partial charge in [0, 0.05) is 30.7 Å². The zero-order chi connectivity index (χ0) is 15.9. The van der Waals surface area contributed by atoms with Crippen LogP contribution in [-0.2, 0) is 13.1 Å². The van der Waals surface area contributed by atoms with Gasteiger partial charge in [0.15, 0.2) is 0 Å². The molecular formula is C15H18N4O2S. The van der Waals surface area contributed by atoms with Gasteiger partial charge >= 0.3 is 6.03 Å². The number of hydrogen-bond acceptors (Lipinski definition) is 4. The van der Waals surface area contributed by atoms with Crippen LogP contribution in [-0.4, -0.2) is 35.9 Å². The molecule has 0 aliphatic rings. The molecule has 2 aromatic rings. The lowest BCUT2D eigenvalue weighted by Crippen LogP contribution is -2.34. The van der Waals surface area contributed by atoms with Crippen LogP contribution in [0.15, 0.2) is 35.8 Å². The highest BCUT2D eigenvalue weighted by atomic mass is 32.1. The lowest BCUT2D eigenvalue weighted by atomic mass is 10.2. The van der Waals surface area contributed by atoms with Crippen LogP contribution in [0.1, 0.15) is 20.9 Å². The monoisotopic (exact) mass is 318 g/mol. The zero-order valence-electron chi connectivity index (χ0n) is 12.5. The molecule has 3 amide bonds. The van der Waals surface area contributed by atoms with Gasteiger partial charge in [0.25, 0.3) is 5.91 Å². The summed E-state index contributed by atoms with van der Waals surface area (Å²) in [5, 5.41) is 7.54. The molecule has 2 rings (SSSR count).